The van der Waals surface area contributed by atoms with E-state index in [0.29, 0.717) is 22.7 Å². The van der Waals surface area contributed by atoms with Crippen LogP contribution in [0.15, 0.2) is 36.7 Å². The summed E-state index contributed by atoms with van der Waals surface area (Å²) in [5.41, 5.74) is 8.07. The molecule has 2 rings (SSSR count). The van der Waals surface area contributed by atoms with Crippen molar-refractivity contribution in [1.82, 2.24) is 10.3 Å². The van der Waals surface area contributed by atoms with Gasteiger partial charge in [0.25, 0.3) is 0 Å². The molecule has 0 radical (unpaired) electrons. The Morgan fingerprint density at radius 2 is 2.19 bits per heavy atom. The standard InChI is InChI=1S/C16H19ClFN3/c1-2-6-21-16(8-11-10-20-7-5-15(11)19)13-9-12(17)3-4-14(13)18/h3-5,7,9-10,16,21H,2,6,8H2,1H3,(H2,19,20). The van der Waals surface area contributed by atoms with Crippen molar-refractivity contribution in [3.63, 3.8) is 0 Å². The molecule has 0 spiro atoms. The molecule has 1 heterocycles. The zero-order valence-electron chi connectivity index (χ0n) is 11.9. The van der Waals surface area contributed by atoms with Gasteiger partial charge in [-0.25, -0.2) is 4.39 Å². The second-order valence-electron chi connectivity index (χ2n) is 4.95. The molecule has 0 saturated heterocycles. The van der Waals surface area contributed by atoms with Crippen LogP contribution in [0.1, 0.15) is 30.5 Å². The third-order valence-corrected chi connectivity index (χ3v) is 3.57. The van der Waals surface area contributed by atoms with E-state index < -0.39 is 0 Å². The maximum absolute atomic E-state index is 14.1. The summed E-state index contributed by atoms with van der Waals surface area (Å²) in [5, 5.41) is 3.87. The van der Waals surface area contributed by atoms with Gasteiger partial charge in [-0.1, -0.05) is 18.5 Å². The number of nitrogens with zero attached hydrogens (tertiary/aromatic N) is 1. The molecule has 1 aromatic heterocycles. The van der Waals surface area contributed by atoms with Gasteiger partial charge in [-0.05, 0) is 49.2 Å². The summed E-state index contributed by atoms with van der Waals surface area (Å²) in [6.07, 6.45) is 4.89. The van der Waals surface area contributed by atoms with E-state index in [1.807, 2.05) is 0 Å². The Bertz CT molecular complexity index is 604. The Kier molecular flexibility index (Phi) is 5.53. The van der Waals surface area contributed by atoms with Gasteiger partial charge in [0.2, 0.25) is 0 Å². The van der Waals surface area contributed by atoms with Gasteiger partial charge >= 0.3 is 0 Å². The number of rotatable bonds is 6. The van der Waals surface area contributed by atoms with Crippen LogP contribution in [0, 0.1) is 5.82 Å². The van der Waals surface area contributed by atoms with Crippen LogP contribution in [0.25, 0.3) is 0 Å². The molecule has 0 aliphatic heterocycles. The van der Waals surface area contributed by atoms with Gasteiger partial charge in [0.05, 0.1) is 0 Å². The third kappa shape index (κ3) is 4.16. The van der Waals surface area contributed by atoms with Crippen LogP contribution < -0.4 is 11.1 Å². The van der Waals surface area contributed by atoms with Crippen molar-refractivity contribution in [1.29, 1.82) is 0 Å². The number of anilines is 1. The maximum Gasteiger partial charge on any atom is 0.128 e. The van der Waals surface area contributed by atoms with Crippen LogP contribution in [0.2, 0.25) is 5.02 Å². The van der Waals surface area contributed by atoms with Crippen molar-refractivity contribution in [3.05, 3.63) is 58.6 Å². The van der Waals surface area contributed by atoms with E-state index in [0.717, 1.165) is 18.5 Å². The summed E-state index contributed by atoms with van der Waals surface area (Å²) < 4.78 is 14.1. The van der Waals surface area contributed by atoms with Gasteiger partial charge < -0.3 is 11.1 Å². The summed E-state index contributed by atoms with van der Waals surface area (Å²) in [6, 6.07) is 6.17. The topological polar surface area (TPSA) is 50.9 Å². The monoisotopic (exact) mass is 307 g/mol. The minimum Gasteiger partial charge on any atom is -0.398 e. The Balaban J connectivity index is 2.30. The van der Waals surface area contributed by atoms with Gasteiger partial charge in [-0.15, -0.1) is 0 Å². The summed E-state index contributed by atoms with van der Waals surface area (Å²) in [5.74, 6) is -0.268. The molecule has 3 N–H and O–H groups in total. The number of nitrogens with two attached hydrogens (primary N) is 1. The van der Waals surface area contributed by atoms with Crippen molar-refractivity contribution < 1.29 is 4.39 Å². The fourth-order valence-electron chi connectivity index (χ4n) is 2.22. The normalized spacial score (nSPS) is 12.3. The second kappa shape index (κ2) is 7.38. The first-order valence-electron chi connectivity index (χ1n) is 6.98. The van der Waals surface area contributed by atoms with E-state index >= 15 is 0 Å². The van der Waals surface area contributed by atoms with Crippen LogP contribution >= 0.6 is 11.6 Å². The number of benzene rings is 1. The highest BCUT2D eigenvalue weighted by atomic mass is 35.5. The minimum atomic E-state index is -0.268. The highest BCUT2D eigenvalue weighted by molar-refractivity contribution is 6.30. The van der Waals surface area contributed by atoms with Gasteiger partial charge in [0.1, 0.15) is 5.82 Å². The van der Waals surface area contributed by atoms with E-state index in [-0.39, 0.29) is 11.9 Å². The van der Waals surface area contributed by atoms with Crippen molar-refractivity contribution >= 4 is 17.3 Å². The number of halogens is 2. The molecule has 1 aromatic carbocycles. The summed E-state index contributed by atoms with van der Waals surface area (Å²) in [7, 11) is 0. The first kappa shape index (κ1) is 15.7. The summed E-state index contributed by atoms with van der Waals surface area (Å²) in [6.45, 7) is 2.85. The van der Waals surface area contributed by atoms with Crippen molar-refractivity contribution in [2.24, 2.45) is 0 Å². The lowest BCUT2D eigenvalue weighted by molar-refractivity contribution is 0.497. The van der Waals surface area contributed by atoms with E-state index in [1.165, 1.54) is 6.07 Å². The van der Waals surface area contributed by atoms with Gasteiger partial charge in [-0.2, -0.15) is 0 Å². The average Bonchev–Trinajstić information content (AvgIpc) is 2.48. The number of pyridine rings is 1. The van der Waals surface area contributed by atoms with E-state index in [2.05, 4.69) is 17.2 Å². The van der Waals surface area contributed by atoms with E-state index in [1.54, 1.807) is 30.6 Å². The van der Waals surface area contributed by atoms with Gasteiger partial charge in [-0.3, -0.25) is 4.98 Å². The highest BCUT2D eigenvalue weighted by Crippen LogP contribution is 2.26. The zero-order chi connectivity index (χ0) is 15.2. The number of nitrogens with one attached hydrogen (secondary N) is 1. The van der Waals surface area contributed by atoms with E-state index in [4.69, 9.17) is 17.3 Å². The summed E-state index contributed by atoms with van der Waals surface area (Å²) in [4.78, 5) is 4.08. The fourth-order valence-corrected chi connectivity index (χ4v) is 2.40. The molecule has 2 aromatic rings. The molecule has 0 amide bonds. The van der Waals surface area contributed by atoms with Crippen LogP contribution in [0.4, 0.5) is 10.1 Å². The molecule has 0 bridgehead atoms. The molecule has 0 aliphatic carbocycles. The van der Waals surface area contributed by atoms with Crippen molar-refractivity contribution in [2.75, 3.05) is 12.3 Å². The first-order valence-corrected chi connectivity index (χ1v) is 7.36. The highest BCUT2D eigenvalue weighted by Gasteiger charge is 2.17. The molecule has 3 nitrogen and oxygen atoms in total. The van der Waals surface area contributed by atoms with E-state index in [9.17, 15) is 4.39 Å². The Morgan fingerprint density at radius 1 is 1.38 bits per heavy atom. The molecule has 112 valence electrons. The molecule has 5 heteroatoms. The van der Waals surface area contributed by atoms with Gasteiger partial charge in [0, 0.05) is 34.7 Å². The molecule has 0 aliphatic rings. The Labute approximate surface area is 129 Å². The predicted molar refractivity (Wildman–Crippen MR) is 84.8 cm³/mol. The van der Waals surface area contributed by atoms with Crippen molar-refractivity contribution in [3.8, 4) is 0 Å². The van der Waals surface area contributed by atoms with Crippen LogP contribution in [0.3, 0.4) is 0 Å². The number of aromatic nitrogens is 1. The third-order valence-electron chi connectivity index (χ3n) is 3.34. The second-order valence-corrected chi connectivity index (χ2v) is 5.39. The van der Waals surface area contributed by atoms with Crippen LogP contribution in [0.5, 0.6) is 0 Å². The smallest absolute Gasteiger partial charge is 0.128 e. The molecule has 21 heavy (non-hydrogen) atoms. The number of hydrogen-bond acceptors (Lipinski definition) is 3. The SMILES string of the molecule is CCCNC(Cc1cnccc1N)c1cc(Cl)ccc1F. The molecule has 0 fully saturated rings. The maximum atomic E-state index is 14.1. The molecular formula is C16H19ClFN3. The zero-order valence-corrected chi connectivity index (χ0v) is 12.7. The lowest BCUT2D eigenvalue weighted by atomic mass is 9.98. The predicted octanol–water partition coefficient (Wildman–Crippen LogP) is 3.74. The quantitative estimate of drug-likeness (QED) is 0.854. The fraction of sp³-hybridized carbons (Fsp3) is 0.312. The van der Waals surface area contributed by atoms with Crippen molar-refractivity contribution in [2.45, 2.75) is 25.8 Å². The molecule has 1 atom stereocenters. The largest absolute Gasteiger partial charge is 0.398 e. The van der Waals surface area contributed by atoms with Crippen LogP contribution in [-0.4, -0.2) is 11.5 Å². The minimum absolute atomic E-state index is 0.185. The summed E-state index contributed by atoms with van der Waals surface area (Å²) >= 11 is 6.00. The molecule has 1 unspecified atom stereocenters. The average molecular weight is 308 g/mol. The Hall–Kier alpha value is -1.65. The molecule has 0 saturated carbocycles. The first-order chi connectivity index (χ1) is 10.1. The Morgan fingerprint density at radius 3 is 2.90 bits per heavy atom. The number of nitrogen functional groups attached to an aromatic ring is 1. The number of hydrogen-bond donors (Lipinski definition) is 2. The van der Waals surface area contributed by atoms with Gasteiger partial charge in [0.15, 0.2) is 0 Å². The lowest BCUT2D eigenvalue weighted by Crippen LogP contribution is -2.25. The molecular weight excluding hydrogens is 289 g/mol. The lowest BCUT2D eigenvalue weighted by Gasteiger charge is -2.20. The van der Waals surface area contributed by atoms with Crippen LogP contribution in [-0.2, 0) is 6.42 Å².